The topological polar surface area (TPSA) is 51.4 Å². The zero-order chi connectivity index (χ0) is 16.6. The number of thiazole rings is 1. The van der Waals surface area contributed by atoms with Crippen molar-refractivity contribution in [2.24, 2.45) is 4.40 Å². The van der Waals surface area contributed by atoms with E-state index in [0.29, 0.717) is 20.3 Å². The summed E-state index contributed by atoms with van der Waals surface area (Å²) in [6.45, 7) is 0.138. The molecule has 3 rings (SSSR count). The van der Waals surface area contributed by atoms with Crippen LogP contribution in [0.5, 0.6) is 0 Å². The third-order valence-corrected chi connectivity index (χ3v) is 7.52. The van der Waals surface area contributed by atoms with E-state index in [0.717, 1.165) is 22.7 Å². The normalized spacial score (nSPS) is 12.7. The van der Waals surface area contributed by atoms with Gasteiger partial charge in [-0.15, -0.1) is 22.2 Å². The van der Waals surface area contributed by atoms with Gasteiger partial charge in [0.25, 0.3) is 10.0 Å². The van der Waals surface area contributed by atoms with Crippen LogP contribution in [0, 0.1) is 12.3 Å². The van der Waals surface area contributed by atoms with E-state index >= 15 is 0 Å². The van der Waals surface area contributed by atoms with Gasteiger partial charge in [-0.1, -0.05) is 46.5 Å². The summed E-state index contributed by atoms with van der Waals surface area (Å²) in [6, 6.07) is 6.45. The van der Waals surface area contributed by atoms with Crippen molar-refractivity contribution in [3.05, 3.63) is 44.5 Å². The van der Waals surface area contributed by atoms with Crippen LogP contribution in [0.3, 0.4) is 0 Å². The van der Waals surface area contributed by atoms with E-state index in [9.17, 15) is 8.42 Å². The Labute approximate surface area is 150 Å². The van der Waals surface area contributed by atoms with Gasteiger partial charge in [0.1, 0.15) is 4.21 Å². The van der Waals surface area contributed by atoms with Crippen molar-refractivity contribution >= 4 is 66.1 Å². The summed E-state index contributed by atoms with van der Waals surface area (Å²) in [5.41, 5.74) is 0.585. The van der Waals surface area contributed by atoms with Crippen LogP contribution in [0.25, 0.3) is 10.2 Å². The van der Waals surface area contributed by atoms with Gasteiger partial charge in [0.05, 0.1) is 26.8 Å². The smallest absolute Gasteiger partial charge is 0.294 e. The Kier molecular flexibility index (Phi) is 4.54. The highest BCUT2D eigenvalue weighted by atomic mass is 35.5. The minimum atomic E-state index is -3.81. The number of nitrogens with zero attached hydrogens (tertiary/aromatic N) is 2. The second kappa shape index (κ2) is 6.30. The number of sulfonamides is 1. The zero-order valence-corrected chi connectivity index (χ0v) is 15.3. The third kappa shape index (κ3) is 3.05. The Morgan fingerprint density at radius 1 is 1.26 bits per heavy atom. The Balaban J connectivity index is 2.37. The van der Waals surface area contributed by atoms with Crippen molar-refractivity contribution in [3.8, 4) is 12.3 Å². The fourth-order valence-electron chi connectivity index (χ4n) is 1.98. The molecule has 2 aromatic heterocycles. The molecule has 9 heteroatoms. The molecule has 0 fully saturated rings. The van der Waals surface area contributed by atoms with E-state index in [2.05, 4.69) is 10.3 Å². The predicted molar refractivity (Wildman–Crippen MR) is 95.7 cm³/mol. The van der Waals surface area contributed by atoms with Gasteiger partial charge in [0, 0.05) is 0 Å². The van der Waals surface area contributed by atoms with E-state index in [-0.39, 0.29) is 15.6 Å². The average Bonchev–Trinajstić information content (AvgIpc) is 3.13. The molecule has 3 aromatic rings. The molecular weight excluding hydrogens is 395 g/mol. The van der Waals surface area contributed by atoms with Crippen LogP contribution in [0.15, 0.2) is 38.3 Å². The first kappa shape index (κ1) is 16.6. The second-order valence-electron chi connectivity index (χ2n) is 4.38. The van der Waals surface area contributed by atoms with E-state index in [4.69, 9.17) is 29.6 Å². The molecule has 1 aromatic carbocycles. The highest BCUT2D eigenvalue weighted by molar-refractivity contribution is 7.92. The van der Waals surface area contributed by atoms with Gasteiger partial charge in [-0.05, 0) is 23.6 Å². The van der Waals surface area contributed by atoms with Gasteiger partial charge in [0.15, 0.2) is 0 Å². The summed E-state index contributed by atoms with van der Waals surface area (Å²) < 4.78 is 31.1. The Bertz CT molecular complexity index is 1090. The van der Waals surface area contributed by atoms with E-state index in [1.807, 2.05) is 0 Å². The first-order valence-electron chi connectivity index (χ1n) is 6.19. The fourth-order valence-corrected chi connectivity index (χ4v) is 5.79. The number of halogens is 2. The molecule has 0 amide bonds. The average molecular weight is 403 g/mol. The number of hydrogen-bond acceptors (Lipinski definition) is 4. The monoisotopic (exact) mass is 402 g/mol. The van der Waals surface area contributed by atoms with Crippen molar-refractivity contribution < 1.29 is 8.42 Å². The summed E-state index contributed by atoms with van der Waals surface area (Å²) in [7, 11) is -3.81. The maximum Gasteiger partial charge on any atom is 0.294 e. The summed E-state index contributed by atoms with van der Waals surface area (Å²) in [5.74, 6) is 2.49. The number of rotatable bonds is 3. The zero-order valence-electron chi connectivity index (χ0n) is 11.4. The Morgan fingerprint density at radius 2 is 2.00 bits per heavy atom. The molecule has 0 saturated carbocycles. The minimum absolute atomic E-state index is 0.138. The third-order valence-electron chi connectivity index (χ3n) is 2.93. The number of terminal acetylenes is 1. The molecule has 118 valence electrons. The molecule has 0 spiro atoms. The highest BCUT2D eigenvalue weighted by Crippen LogP contribution is 2.32. The molecule has 2 heterocycles. The molecule has 0 saturated heterocycles. The fraction of sp³-hybridized carbons (Fsp3) is 0.0714. The number of fused-ring (bicyclic) bond motifs is 1. The second-order valence-corrected chi connectivity index (χ2v) is 8.95. The maximum absolute atomic E-state index is 12.4. The molecular formula is C14H8Cl2N2O2S3. The van der Waals surface area contributed by atoms with Crippen LogP contribution >= 0.6 is 45.9 Å². The lowest BCUT2D eigenvalue weighted by atomic mass is 10.3. The lowest BCUT2D eigenvalue weighted by Crippen LogP contribution is -2.16. The molecule has 0 aliphatic heterocycles. The molecule has 0 atom stereocenters. The molecule has 0 aliphatic carbocycles. The number of hydrogen-bond donors (Lipinski definition) is 0. The molecule has 0 aliphatic rings. The van der Waals surface area contributed by atoms with Crippen molar-refractivity contribution in [2.75, 3.05) is 0 Å². The van der Waals surface area contributed by atoms with E-state index in [1.54, 1.807) is 28.1 Å². The summed E-state index contributed by atoms with van der Waals surface area (Å²) in [5, 5.41) is 2.58. The standard InChI is InChI=1S/C14H8Cl2N2O2S3/c1-2-7-18-12-9(15)5-6-10(16)13(12)22-14(18)17-23(19,20)11-4-3-8-21-11/h1,3-6,8H,7H2. The summed E-state index contributed by atoms with van der Waals surface area (Å²) >= 11 is 14.6. The number of thiophene rings is 1. The summed E-state index contributed by atoms with van der Waals surface area (Å²) in [4.78, 5) is 0.237. The van der Waals surface area contributed by atoms with Crippen LogP contribution in [0.4, 0.5) is 0 Å². The highest BCUT2D eigenvalue weighted by Gasteiger charge is 2.17. The predicted octanol–water partition coefficient (Wildman–Crippen LogP) is 3.99. The van der Waals surface area contributed by atoms with Crippen LogP contribution in [-0.4, -0.2) is 13.0 Å². The van der Waals surface area contributed by atoms with Crippen LogP contribution < -0.4 is 4.80 Å². The van der Waals surface area contributed by atoms with Gasteiger partial charge >= 0.3 is 0 Å². The van der Waals surface area contributed by atoms with Crippen LogP contribution in [-0.2, 0) is 16.6 Å². The Hall–Kier alpha value is -1.30. The summed E-state index contributed by atoms with van der Waals surface area (Å²) in [6.07, 6.45) is 5.39. The first-order valence-corrected chi connectivity index (χ1v) is 10.1. The van der Waals surface area contributed by atoms with Gasteiger partial charge in [0.2, 0.25) is 4.80 Å². The lowest BCUT2D eigenvalue weighted by Gasteiger charge is -2.02. The molecule has 0 radical (unpaired) electrons. The van der Waals surface area contributed by atoms with Gasteiger partial charge in [-0.3, -0.25) is 0 Å². The van der Waals surface area contributed by atoms with E-state index in [1.165, 1.54) is 6.07 Å². The van der Waals surface area contributed by atoms with Gasteiger partial charge in [-0.2, -0.15) is 8.42 Å². The van der Waals surface area contributed by atoms with E-state index < -0.39 is 10.0 Å². The van der Waals surface area contributed by atoms with Crippen LogP contribution in [0.1, 0.15) is 0 Å². The maximum atomic E-state index is 12.4. The van der Waals surface area contributed by atoms with Crippen molar-refractivity contribution in [2.45, 2.75) is 10.8 Å². The van der Waals surface area contributed by atoms with Gasteiger partial charge < -0.3 is 4.57 Å². The van der Waals surface area contributed by atoms with Crippen molar-refractivity contribution in [1.82, 2.24) is 4.57 Å². The molecule has 0 bridgehead atoms. The SMILES string of the molecule is C#CCn1c(=NS(=O)(=O)c2cccs2)sc2c(Cl)ccc(Cl)c21. The number of benzene rings is 1. The molecule has 4 nitrogen and oxygen atoms in total. The quantitative estimate of drug-likeness (QED) is 0.621. The minimum Gasteiger partial charge on any atom is -0.303 e. The van der Waals surface area contributed by atoms with Gasteiger partial charge in [-0.25, -0.2) is 0 Å². The van der Waals surface area contributed by atoms with Crippen LogP contribution in [0.2, 0.25) is 10.0 Å². The van der Waals surface area contributed by atoms with Crippen molar-refractivity contribution in [1.29, 1.82) is 0 Å². The lowest BCUT2D eigenvalue weighted by molar-refractivity contribution is 0.598. The largest absolute Gasteiger partial charge is 0.303 e. The Morgan fingerprint density at radius 3 is 2.65 bits per heavy atom. The molecule has 23 heavy (non-hydrogen) atoms. The molecule has 0 unspecified atom stereocenters. The molecule has 0 N–H and O–H groups in total. The van der Waals surface area contributed by atoms with Crippen molar-refractivity contribution in [3.63, 3.8) is 0 Å². The number of aromatic nitrogens is 1. The first-order chi connectivity index (χ1) is 10.9.